The molecule has 0 aliphatic carbocycles. The Morgan fingerprint density at radius 3 is 2.62 bits per heavy atom. The minimum atomic E-state index is 0.827. The van der Waals surface area contributed by atoms with E-state index in [1.54, 1.807) is 7.11 Å². The van der Waals surface area contributed by atoms with Gasteiger partial charge >= 0.3 is 0 Å². The summed E-state index contributed by atoms with van der Waals surface area (Å²) >= 11 is 0. The maximum atomic E-state index is 5.28. The Balaban J connectivity index is 1.63. The topological polar surface area (TPSA) is 29.8 Å². The lowest BCUT2D eigenvalue weighted by molar-refractivity contribution is 0.414. The van der Waals surface area contributed by atoms with Gasteiger partial charge in [-0.15, -0.1) is 0 Å². The van der Waals surface area contributed by atoms with Gasteiger partial charge in [-0.25, -0.2) is 4.98 Å². The van der Waals surface area contributed by atoms with Crippen molar-refractivity contribution in [2.75, 3.05) is 12.0 Å². The Bertz CT molecular complexity index is 1080. The molecule has 0 N–H and O–H groups in total. The first-order valence-corrected chi connectivity index (χ1v) is 8.77. The molecule has 1 aliphatic heterocycles. The largest absolute Gasteiger partial charge is 0.497 e. The Labute approximate surface area is 152 Å². The fourth-order valence-electron chi connectivity index (χ4n) is 3.72. The summed E-state index contributed by atoms with van der Waals surface area (Å²) in [6.07, 6.45) is 2.09. The fourth-order valence-corrected chi connectivity index (χ4v) is 3.72. The maximum Gasteiger partial charge on any atom is 0.142 e. The molecule has 4 aromatic rings. The summed E-state index contributed by atoms with van der Waals surface area (Å²) in [4.78, 5) is 7.32. The molecule has 3 heterocycles. The van der Waals surface area contributed by atoms with Crippen LogP contribution in [0.1, 0.15) is 11.1 Å². The molecule has 0 spiro atoms. The van der Waals surface area contributed by atoms with E-state index in [1.807, 2.05) is 18.2 Å². The highest BCUT2D eigenvalue weighted by Crippen LogP contribution is 2.39. The number of hydrogen-bond acceptors (Lipinski definition) is 3. The van der Waals surface area contributed by atoms with Crippen molar-refractivity contribution in [3.05, 3.63) is 84.1 Å². The van der Waals surface area contributed by atoms with Gasteiger partial charge in [0.05, 0.1) is 7.11 Å². The quantitative estimate of drug-likeness (QED) is 0.548. The Hall–Kier alpha value is -3.27. The zero-order chi connectivity index (χ0) is 17.5. The summed E-state index contributed by atoms with van der Waals surface area (Å²) in [6, 6.07) is 23.0. The Morgan fingerprint density at radius 2 is 1.77 bits per heavy atom. The molecule has 26 heavy (non-hydrogen) atoms. The van der Waals surface area contributed by atoms with Crippen LogP contribution in [-0.2, 0) is 13.1 Å². The molecule has 0 saturated carbocycles. The van der Waals surface area contributed by atoms with E-state index in [1.165, 1.54) is 16.7 Å². The molecule has 0 saturated heterocycles. The highest BCUT2D eigenvalue weighted by Gasteiger charge is 2.26. The van der Waals surface area contributed by atoms with Gasteiger partial charge in [-0.1, -0.05) is 42.5 Å². The van der Waals surface area contributed by atoms with Gasteiger partial charge in [0, 0.05) is 24.8 Å². The number of aromatic nitrogens is 2. The standard InChI is InChI=1S/C22H19N3O/c1-26-18-11-9-16(10-12-18)14-24-15-17-6-2-3-7-19(17)21-22(24)25-13-5-4-8-20(25)23-21/h2-13H,14-15H2,1H3. The number of methoxy groups -OCH3 is 1. The van der Waals surface area contributed by atoms with E-state index >= 15 is 0 Å². The van der Waals surface area contributed by atoms with Crippen LogP contribution in [0, 0.1) is 0 Å². The molecule has 2 aromatic heterocycles. The minimum Gasteiger partial charge on any atom is -0.497 e. The lowest BCUT2D eigenvalue weighted by Gasteiger charge is -2.30. The number of rotatable bonds is 3. The van der Waals surface area contributed by atoms with Gasteiger partial charge in [0.1, 0.15) is 22.9 Å². The van der Waals surface area contributed by atoms with Crippen molar-refractivity contribution in [1.82, 2.24) is 9.38 Å². The number of hydrogen-bond donors (Lipinski definition) is 0. The molecular weight excluding hydrogens is 322 g/mol. The van der Waals surface area contributed by atoms with Crippen molar-refractivity contribution < 1.29 is 4.74 Å². The molecule has 0 amide bonds. The molecule has 2 aromatic carbocycles. The van der Waals surface area contributed by atoms with Crippen molar-refractivity contribution in [2.45, 2.75) is 13.1 Å². The Kier molecular flexibility index (Phi) is 3.42. The normalized spacial score (nSPS) is 12.7. The monoisotopic (exact) mass is 341 g/mol. The summed E-state index contributed by atoms with van der Waals surface area (Å²) in [5, 5.41) is 0. The van der Waals surface area contributed by atoms with E-state index < -0.39 is 0 Å². The van der Waals surface area contributed by atoms with E-state index in [-0.39, 0.29) is 0 Å². The first kappa shape index (κ1) is 15.0. The molecule has 4 nitrogen and oxygen atoms in total. The SMILES string of the molecule is COc1ccc(CN2Cc3ccccc3-c3nc4ccccn4c32)cc1. The third kappa shape index (κ3) is 2.34. The number of pyridine rings is 1. The van der Waals surface area contributed by atoms with E-state index in [9.17, 15) is 0 Å². The molecule has 0 bridgehead atoms. The lowest BCUT2D eigenvalue weighted by atomic mass is 9.99. The number of nitrogens with zero attached hydrogens (tertiary/aromatic N) is 3. The number of fused-ring (bicyclic) bond motifs is 5. The van der Waals surface area contributed by atoms with Crippen LogP contribution in [0.3, 0.4) is 0 Å². The molecular formula is C22H19N3O. The summed E-state index contributed by atoms with van der Waals surface area (Å²) in [5.41, 5.74) is 5.84. The van der Waals surface area contributed by atoms with E-state index in [4.69, 9.17) is 9.72 Å². The van der Waals surface area contributed by atoms with Gasteiger partial charge < -0.3 is 9.64 Å². The van der Waals surface area contributed by atoms with Crippen LogP contribution in [0.5, 0.6) is 5.75 Å². The minimum absolute atomic E-state index is 0.827. The van der Waals surface area contributed by atoms with Crippen LogP contribution in [0.15, 0.2) is 72.9 Å². The number of imidazole rings is 1. The second kappa shape index (κ2) is 5.92. The highest BCUT2D eigenvalue weighted by atomic mass is 16.5. The van der Waals surface area contributed by atoms with Crippen LogP contribution in [0.25, 0.3) is 16.9 Å². The van der Waals surface area contributed by atoms with Gasteiger partial charge in [-0.2, -0.15) is 0 Å². The molecule has 0 unspecified atom stereocenters. The van der Waals surface area contributed by atoms with Crippen LogP contribution < -0.4 is 9.64 Å². The molecule has 5 rings (SSSR count). The second-order valence-corrected chi connectivity index (χ2v) is 6.57. The maximum absolute atomic E-state index is 5.28. The van der Waals surface area contributed by atoms with Gasteiger partial charge in [0.2, 0.25) is 0 Å². The van der Waals surface area contributed by atoms with Crippen LogP contribution in [0.2, 0.25) is 0 Å². The molecule has 128 valence electrons. The van der Waals surface area contributed by atoms with Crippen molar-refractivity contribution in [3.8, 4) is 17.0 Å². The summed E-state index contributed by atoms with van der Waals surface area (Å²) < 4.78 is 7.47. The number of benzene rings is 2. The second-order valence-electron chi connectivity index (χ2n) is 6.57. The predicted molar refractivity (Wildman–Crippen MR) is 104 cm³/mol. The van der Waals surface area contributed by atoms with Crippen LogP contribution in [-0.4, -0.2) is 16.5 Å². The molecule has 1 aliphatic rings. The van der Waals surface area contributed by atoms with Crippen molar-refractivity contribution >= 4 is 11.5 Å². The van der Waals surface area contributed by atoms with E-state index in [0.717, 1.165) is 36.0 Å². The molecule has 0 fully saturated rings. The summed E-state index contributed by atoms with van der Waals surface area (Å²) in [6.45, 7) is 1.70. The van der Waals surface area contributed by atoms with Crippen molar-refractivity contribution in [1.29, 1.82) is 0 Å². The third-order valence-corrected chi connectivity index (χ3v) is 4.97. The van der Waals surface area contributed by atoms with Crippen LogP contribution >= 0.6 is 0 Å². The highest BCUT2D eigenvalue weighted by molar-refractivity contribution is 5.82. The zero-order valence-electron chi connectivity index (χ0n) is 14.6. The fraction of sp³-hybridized carbons (Fsp3) is 0.136. The average Bonchev–Trinajstić information content (AvgIpc) is 3.09. The van der Waals surface area contributed by atoms with Crippen molar-refractivity contribution in [2.24, 2.45) is 0 Å². The zero-order valence-corrected chi connectivity index (χ0v) is 14.6. The lowest BCUT2D eigenvalue weighted by Crippen LogP contribution is -2.27. The van der Waals surface area contributed by atoms with Crippen molar-refractivity contribution in [3.63, 3.8) is 0 Å². The molecule has 0 atom stereocenters. The van der Waals surface area contributed by atoms with E-state index in [0.29, 0.717) is 0 Å². The smallest absolute Gasteiger partial charge is 0.142 e. The van der Waals surface area contributed by atoms with Gasteiger partial charge in [0.25, 0.3) is 0 Å². The summed E-state index contributed by atoms with van der Waals surface area (Å²) in [5.74, 6) is 2.04. The summed E-state index contributed by atoms with van der Waals surface area (Å²) in [7, 11) is 1.70. The van der Waals surface area contributed by atoms with E-state index in [2.05, 4.69) is 64.0 Å². The predicted octanol–water partition coefficient (Wildman–Crippen LogP) is 4.53. The molecule has 0 radical (unpaired) electrons. The van der Waals surface area contributed by atoms with Crippen LogP contribution in [0.4, 0.5) is 5.82 Å². The van der Waals surface area contributed by atoms with Gasteiger partial charge in [-0.3, -0.25) is 4.40 Å². The molecule has 4 heteroatoms. The van der Waals surface area contributed by atoms with Gasteiger partial charge in [0.15, 0.2) is 0 Å². The first-order valence-electron chi connectivity index (χ1n) is 8.77. The van der Waals surface area contributed by atoms with Gasteiger partial charge in [-0.05, 0) is 35.4 Å². The number of ether oxygens (including phenoxy) is 1. The number of anilines is 1. The Morgan fingerprint density at radius 1 is 0.962 bits per heavy atom. The third-order valence-electron chi connectivity index (χ3n) is 4.97. The average molecular weight is 341 g/mol. The first-order chi connectivity index (χ1) is 12.8.